The van der Waals surface area contributed by atoms with Crippen molar-refractivity contribution in [2.45, 2.75) is 52.1 Å². The van der Waals surface area contributed by atoms with Gasteiger partial charge in [0, 0.05) is 0 Å². The van der Waals surface area contributed by atoms with Crippen molar-refractivity contribution < 1.29 is 9.78 Å². The van der Waals surface area contributed by atoms with Crippen molar-refractivity contribution in [1.29, 1.82) is 0 Å². The first-order valence-electron chi connectivity index (χ1n) is 6.53. The van der Waals surface area contributed by atoms with E-state index in [9.17, 15) is 0 Å². The molecular weight excluding hydrogens is 212 g/mol. The van der Waals surface area contributed by atoms with Gasteiger partial charge in [0.05, 0.1) is 6.61 Å². The summed E-state index contributed by atoms with van der Waals surface area (Å²) in [5.74, 6) is 0. The number of hydrogen-bond donors (Lipinski definition) is 0. The predicted molar refractivity (Wildman–Crippen MR) is 70.6 cm³/mol. The van der Waals surface area contributed by atoms with E-state index in [1.807, 2.05) is 32.0 Å². The lowest BCUT2D eigenvalue weighted by molar-refractivity contribution is -0.358. The summed E-state index contributed by atoms with van der Waals surface area (Å²) in [6.07, 6.45) is 4.80. The highest BCUT2D eigenvalue weighted by Crippen LogP contribution is 2.24. The third-order valence-corrected chi connectivity index (χ3v) is 2.82. The maximum Gasteiger partial charge on any atom is 0.123 e. The fourth-order valence-electron chi connectivity index (χ4n) is 1.66. The maximum absolute atomic E-state index is 5.50. The van der Waals surface area contributed by atoms with Gasteiger partial charge in [-0.25, -0.2) is 9.78 Å². The summed E-state index contributed by atoms with van der Waals surface area (Å²) in [6.45, 7) is 6.93. The molecule has 0 saturated carbocycles. The predicted octanol–water partition coefficient (Wildman–Crippen LogP) is 4.45. The molecule has 0 atom stereocenters. The Hall–Kier alpha value is -0.860. The molecule has 17 heavy (non-hydrogen) atoms. The van der Waals surface area contributed by atoms with Crippen LogP contribution in [0.5, 0.6) is 0 Å². The Labute approximate surface area is 105 Å². The smallest absolute Gasteiger partial charge is 0.123 e. The van der Waals surface area contributed by atoms with Gasteiger partial charge in [-0.2, -0.15) is 0 Å². The van der Waals surface area contributed by atoms with Gasteiger partial charge < -0.3 is 0 Å². The van der Waals surface area contributed by atoms with E-state index in [4.69, 9.17) is 9.78 Å². The van der Waals surface area contributed by atoms with Crippen LogP contribution in [0.2, 0.25) is 0 Å². The van der Waals surface area contributed by atoms with Crippen molar-refractivity contribution in [2.24, 2.45) is 0 Å². The molecule has 0 amide bonds. The molecule has 2 heteroatoms. The SMILES string of the molecule is CCCCCCOOC(C)(C)c1ccccc1. The van der Waals surface area contributed by atoms with E-state index in [2.05, 4.69) is 19.1 Å². The van der Waals surface area contributed by atoms with Crippen LogP contribution in [-0.4, -0.2) is 6.61 Å². The summed E-state index contributed by atoms with van der Waals surface area (Å²) in [4.78, 5) is 10.8. The van der Waals surface area contributed by atoms with Crippen LogP contribution < -0.4 is 0 Å². The van der Waals surface area contributed by atoms with E-state index in [0.717, 1.165) is 12.0 Å². The largest absolute Gasteiger partial charge is 0.236 e. The van der Waals surface area contributed by atoms with Gasteiger partial charge >= 0.3 is 0 Å². The highest BCUT2D eigenvalue weighted by molar-refractivity contribution is 5.20. The lowest BCUT2D eigenvalue weighted by atomic mass is 9.99. The molecule has 0 aliphatic carbocycles. The summed E-state index contributed by atoms with van der Waals surface area (Å²) in [7, 11) is 0. The molecule has 0 bridgehead atoms. The Balaban J connectivity index is 2.26. The summed E-state index contributed by atoms with van der Waals surface area (Å²) >= 11 is 0. The van der Waals surface area contributed by atoms with Gasteiger partial charge in [-0.15, -0.1) is 0 Å². The second-order valence-electron chi connectivity index (χ2n) is 4.84. The van der Waals surface area contributed by atoms with E-state index in [0.29, 0.717) is 6.61 Å². The van der Waals surface area contributed by atoms with Gasteiger partial charge in [0.15, 0.2) is 0 Å². The van der Waals surface area contributed by atoms with Crippen molar-refractivity contribution >= 4 is 0 Å². The van der Waals surface area contributed by atoms with Gasteiger partial charge in [-0.3, -0.25) is 0 Å². The van der Waals surface area contributed by atoms with Crippen LogP contribution in [0, 0.1) is 0 Å². The third-order valence-electron chi connectivity index (χ3n) is 2.82. The minimum Gasteiger partial charge on any atom is -0.236 e. The lowest BCUT2D eigenvalue weighted by Crippen LogP contribution is -2.22. The molecule has 96 valence electrons. The third kappa shape index (κ3) is 5.33. The molecular formula is C15H24O2. The fourth-order valence-corrected chi connectivity index (χ4v) is 1.66. The summed E-state index contributed by atoms with van der Waals surface area (Å²) in [5.41, 5.74) is 0.750. The molecule has 0 N–H and O–H groups in total. The molecule has 0 radical (unpaired) electrons. The van der Waals surface area contributed by atoms with E-state index in [1.165, 1.54) is 19.3 Å². The van der Waals surface area contributed by atoms with Crippen LogP contribution in [0.1, 0.15) is 52.0 Å². The Morgan fingerprint density at radius 2 is 1.71 bits per heavy atom. The van der Waals surface area contributed by atoms with E-state index < -0.39 is 0 Å². The number of rotatable bonds is 8. The minimum absolute atomic E-state index is 0.383. The lowest BCUT2D eigenvalue weighted by Gasteiger charge is -2.24. The highest BCUT2D eigenvalue weighted by atomic mass is 17.2. The molecule has 0 spiro atoms. The van der Waals surface area contributed by atoms with E-state index in [1.54, 1.807) is 0 Å². The van der Waals surface area contributed by atoms with Crippen LogP contribution in [0.3, 0.4) is 0 Å². The second kappa shape index (κ2) is 7.46. The Morgan fingerprint density at radius 1 is 1.00 bits per heavy atom. The van der Waals surface area contributed by atoms with Gasteiger partial charge in [0.25, 0.3) is 0 Å². The minimum atomic E-state index is -0.383. The molecule has 0 unspecified atom stereocenters. The van der Waals surface area contributed by atoms with Crippen LogP contribution in [0.4, 0.5) is 0 Å². The van der Waals surface area contributed by atoms with Gasteiger partial charge in [-0.1, -0.05) is 56.5 Å². The van der Waals surface area contributed by atoms with Crippen molar-refractivity contribution in [3.05, 3.63) is 35.9 Å². The number of benzene rings is 1. The second-order valence-corrected chi connectivity index (χ2v) is 4.84. The average Bonchev–Trinajstić information content (AvgIpc) is 2.35. The summed E-state index contributed by atoms with van der Waals surface area (Å²) in [5, 5.41) is 0. The van der Waals surface area contributed by atoms with Crippen molar-refractivity contribution in [2.75, 3.05) is 6.61 Å². The monoisotopic (exact) mass is 236 g/mol. The number of unbranched alkanes of at least 4 members (excludes halogenated alkanes) is 3. The molecule has 1 rings (SSSR count). The number of hydrogen-bond acceptors (Lipinski definition) is 2. The van der Waals surface area contributed by atoms with Gasteiger partial charge in [0.2, 0.25) is 0 Å². The molecule has 1 aromatic carbocycles. The molecule has 0 fully saturated rings. The Kier molecular flexibility index (Phi) is 6.23. The summed E-state index contributed by atoms with van der Waals surface area (Å²) in [6, 6.07) is 10.1. The van der Waals surface area contributed by atoms with Gasteiger partial charge in [-0.05, 0) is 25.8 Å². The average molecular weight is 236 g/mol. The zero-order chi connectivity index (χ0) is 12.6. The first-order valence-corrected chi connectivity index (χ1v) is 6.53. The van der Waals surface area contributed by atoms with E-state index >= 15 is 0 Å². The molecule has 2 nitrogen and oxygen atoms in total. The normalized spacial score (nSPS) is 11.7. The quantitative estimate of drug-likeness (QED) is 0.377. The molecule has 0 aromatic heterocycles. The zero-order valence-electron chi connectivity index (χ0n) is 11.2. The maximum atomic E-state index is 5.50. The van der Waals surface area contributed by atoms with E-state index in [-0.39, 0.29) is 5.60 Å². The van der Waals surface area contributed by atoms with Crippen LogP contribution in [0.15, 0.2) is 30.3 Å². The zero-order valence-corrected chi connectivity index (χ0v) is 11.2. The fraction of sp³-hybridized carbons (Fsp3) is 0.600. The van der Waals surface area contributed by atoms with Crippen molar-refractivity contribution in [1.82, 2.24) is 0 Å². The molecule has 0 saturated heterocycles. The van der Waals surface area contributed by atoms with Crippen molar-refractivity contribution in [3.63, 3.8) is 0 Å². The summed E-state index contributed by atoms with van der Waals surface area (Å²) < 4.78 is 0. The molecule has 0 heterocycles. The van der Waals surface area contributed by atoms with Gasteiger partial charge in [0.1, 0.15) is 5.60 Å². The Morgan fingerprint density at radius 3 is 2.35 bits per heavy atom. The van der Waals surface area contributed by atoms with Crippen LogP contribution >= 0.6 is 0 Å². The first kappa shape index (κ1) is 14.2. The molecule has 0 aliphatic heterocycles. The standard InChI is InChI=1S/C15H24O2/c1-4-5-6-10-13-16-17-15(2,3)14-11-8-7-9-12-14/h7-9,11-12H,4-6,10,13H2,1-3H3. The van der Waals surface area contributed by atoms with Crippen LogP contribution in [0.25, 0.3) is 0 Å². The molecule has 1 aromatic rings. The first-order chi connectivity index (χ1) is 8.17. The highest BCUT2D eigenvalue weighted by Gasteiger charge is 2.22. The Bertz CT molecular complexity index is 293. The van der Waals surface area contributed by atoms with Crippen molar-refractivity contribution in [3.8, 4) is 0 Å². The topological polar surface area (TPSA) is 18.5 Å². The van der Waals surface area contributed by atoms with Crippen LogP contribution in [-0.2, 0) is 15.4 Å². The molecule has 0 aliphatic rings.